The van der Waals surface area contributed by atoms with Crippen molar-refractivity contribution in [3.05, 3.63) is 42.5 Å². The van der Waals surface area contributed by atoms with Crippen molar-refractivity contribution in [2.45, 2.75) is 0 Å². The molecule has 0 heterocycles. The molecule has 0 fully saturated rings. The summed E-state index contributed by atoms with van der Waals surface area (Å²) >= 11 is 0. The van der Waals surface area contributed by atoms with Gasteiger partial charge in [0.25, 0.3) is 5.69 Å². The van der Waals surface area contributed by atoms with E-state index < -0.39 is 37.5 Å². The summed E-state index contributed by atoms with van der Waals surface area (Å²) in [5, 5.41) is 35.0. The molecule has 0 aromatic heterocycles. The molecule has 11 heteroatoms. The zero-order chi connectivity index (χ0) is 13.9. The summed E-state index contributed by atoms with van der Waals surface area (Å²) < 4.78 is 0. The third-order valence-electron chi connectivity index (χ3n) is 1.88. The minimum Gasteiger partial charge on any atom is -0.267 e. The van der Waals surface area contributed by atoms with E-state index in [1.54, 1.807) is 0 Å². The number of nitrogens with zero attached hydrogens (tertiary/aromatic N) is 4. The topological polar surface area (TPSA) is 154 Å². The van der Waals surface area contributed by atoms with Crippen LogP contribution in [-0.2, 0) is 0 Å². The number of anilines is 1. The lowest BCUT2D eigenvalue weighted by atomic mass is 10.2. The minimum absolute atomic E-state index is 0.564. The van der Waals surface area contributed by atoms with Crippen LogP contribution in [0.15, 0.2) is 17.2 Å². The van der Waals surface area contributed by atoms with Gasteiger partial charge in [-0.25, -0.2) is 0 Å². The number of nitro groups is 3. The van der Waals surface area contributed by atoms with Gasteiger partial charge in [0.1, 0.15) is 0 Å². The Morgan fingerprint density at radius 1 is 1.00 bits per heavy atom. The second kappa shape index (κ2) is 4.82. The number of nitrogens with one attached hydrogen (secondary N) is 1. The second-order valence-corrected chi connectivity index (χ2v) is 2.90. The van der Waals surface area contributed by atoms with Crippen molar-refractivity contribution < 1.29 is 14.8 Å². The van der Waals surface area contributed by atoms with Crippen LogP contribution in [-0.4, -0.2) is 21.5 Å². The molecule has 1 aromatic carbocycles. The molecule has 11 nitrogen and oxygen atoms in total. The zero-order valence-corrected chi connectivity index (χ0v) is 8.60. The molecule has 94 valence electrons. The number of hydrogen-bond acceptors (Lipinski definition) is 8. The van der Waals surface area contributed by atoms with E-state index in [9.17, 15) is 30.3 Å². The Kier molecular flexibility index (Phi) is 3.47. The van der Waals surface area contributed by atoms with Crippen molar-refractivity contribution in [2.24, 2.45) is 5.10 Å². The number of hydrazone groups is 1. The summed E-state index contributed by atoms with van der Waals surface area (Å²) in [4.78, 5) is 29.0. The maximum atomic E-state index is 10.7. The predicted molar refractivity (Wildman–Crippen MR) is 59.6 cm³/mol. The van der Waals surface area contributed by atoms with Crippen LogP contribution in [0.25, 0.3) is 0 Å². The molecule has 0 aliphatic rings. The van der Waals surface area contributed by atoms with Gasteiger partial charge in [-0.15, -0.1) is 0 Å². The Bertz CT molecular complexity index is 520. The summed E-state index contributed by atoms with van der Waals surface area (Å²) in [6, 6.07) is 1.20. The molecule has 0 aliphatic carbocycles. The van der Waals surface area contributed by atoms with E-state index in [4.69, 9.17) is 0 Å². The highest BCUT2D eigenvalue weighted by Gasteiger charge is 2.30. The summed E-state index contributed by atoms with van der Waals surface area (Å²) in [5.41, 5.74) is -1.00. The second-order valence-electron chi connectivity index (χ2n) is 2.90. The van der Waals surface area contributed by atoms with Gasteiger partial charge in [-0.3, -0.25) is 35.8 Å². The monoisotopic (exact) mass is 255 g/mol. The Labute approximate surface area is 98.2 Å². The number of hydrogen-bond donors (Lipinski definition) is 1. The van der Waals surface area contributed by atoms with Gasteiger partial charge in [0, 0.05) is 6.72 Å². The lowest BCUT2D eigenvalue weighted by Crippen LogP contribution is -2.02. The van der Waals surface area contributed by atoms with Crippen LogP contribution >= 0.6 is 0 Å². The SMILES string of the molecule is C=NNc1c([N+](=O)[O-])cc([N+](=O)[O-])cc1[N+](=O)[O-]. The summed E-state index contributed by atoms with van der Waals surface area (Å²) in [6.45, 7) is 2.97. The molecule has 0 spiro atoms. The van der Waals surface area contributed by atoms with Crippen LogP contribution in [0.3, 0.4) is 0 Å². The average molecular weight is 255 g/mol. The van der Waals surface area contributed by atoms with Crippen LogP contribution in [0.4, 0.5) is 22.7 Å². The highest BCUT2D eigenvalue weighted by atomic mass is 16.6. The highest BCUT2D eigenvalue weighted by molar-refractivity contribution is 5.77. The fraction of sp³-hybridized carbons (Fsp3) is 0. The summed E-state index contributed by atoms with van der Waals surface area (Å²) in [7, 11) is 0. The molecule has 0 aliphatic heterocycles. The molecule has 18 heavy (non-hydrogen) atoms. The van der Waals surface area contributed by atoms with Gasteiger partial charge in [-0.05, 0) is 0 Å². The van der Waals surface area contributed by atoms with Crippen LogP contribution in [0, 0.1) is 30.3 Å². The van der Waals surface area contributed by atoms with E-state index in [0.717, 1.165) is 0 Å². The molecular weight excluding hydrogens is 250 g/mol. The van der Waals surface area contributed by atoms with E-state index in [1.807, 2.05) is 5.43 Å². The van der Waals surface area contributed by atoms with Gasteiger partial charge >= 0.3 is 11.4 Å². The molecule has 1 aromatic rings. The van der Waals surface area contributed by atoms with Gasteiger partial charge < -0.3 is 0 Å². The number of non-ortho nitro benzene ring substituents is 1. The maximum Gasteiger partial charge on any atom is 0.308 e. The van der Waals surface area contributed by atoms with Crippen molar-refractivity contribution in [3.63, 3.8) is 0 Å². The molecule has 0 atom stereocenters. The van der Waals surface area contributed by atoms with Crippen molar-refractivity contribution in [2.75, 3.05) is 5.43 Å². The number of rotatable bonds is 5. The van der Waals surface area contributed by atoms with Gasteiger partial charge in [0.05, 0.1) is 26.9 Å². The molecule has 0 amide bonds. The molecule has 0 unspecified atom stereocenters. The Balaban J connectivity index is 3.64. The van der Waals surface area contributed by atoms with Crippen molar-refractivity contribution >= 4 is 29.5 Å². The molecule has 1 rings (SSSR count). The van der Waals surface area contributed by atoms with Gasteiger partial charge in [-0.2, -0.15) is 5.10 Å². The fourth-order valence-corrected chi connectivity index (χ4v) is 1.18. The largest absolute Gasteiger partial charge is 0.308 e. The first kappa shape index (κ1) is 13.0. The van der Waals surface area contributed by atoms with E-state index >= 15 is 0 Å². The first-order chi connectivity index (χ1) is 8.38. The zero-order valence-electron chi connectivity index (χ0n) is 8.60. The lowest BCUT2D eigenvalue weighted by molar-refractivity contribution is -0.401. The first-order valence-corrected chi connectivity index (χ1v) is 4.21. The third kappa shape index (κ3) is 2.34. The van der Waals surface area contributed by atoms with Crippen molar-refractivity contribution in [1.82, 2.24) is 0 Å². The van der Waals surface area contributed by atoms with E-state index in [-0.39, 0.29) is 0 Å². The van der Waals surface area contributed by atoms with E-state index in [2.05, 4.69) is 11.8 Å². The lowest BCUT2D eigenvalue weighted by Gasteiger charge is -2.02. The Morgan fingerprint density at radius 2 is 1.44 bits per heavy atom. The van der Waals surface area contributed by atoms with Gasteiger partial charge in [-0.1, -0.05) is 0 Å². The van der Waals surface area contributed by atoms with E-state index in [0.29, 0.717) is 12.1 Å². The van der Waals surface area contributed by atoms with Gasteiger partial charge in [0.2, 0.25) is 5.69 Å². The molecule has 0 radical (unpaired) electrons. The van der Waals surface area contributed by atoms with Gasteiger partial charge in [0.15, 0.2) is 0 Å². The third-order valence-corrected chi connectivity index (χ3v) is 1.88. The Morgan fingerprint density at radius 3 is 1.72 bits per heavy atom. The van der Waals surface area contributed by atoms with Crippen LogP contribution < -0.4 is 5.43 Å². The molecule has 0 bridgehead atoms. The fourth-order valence-electron chi connectivity index (χ4n) is 1.18. The summed E-state index contributed by atoms with van der Waals surface area (Å²) in [6.07, 6.45) is 0. The number of benzene rings is 1. The Hall–Kier alpha value is -3.11. The predicted octanol–water partition coefficient (Wildman–Crippen LogP) is 1.44. The smallest absolute Gasteiger partial charge is 0.267 e. The van der Waals surface area contributed by atoms with Crippen molar-refractivity contribution in [3.8, 4) is 0 Å². The molecule has 0 saturated heterocycles. The number of nitro benzene ring substituents is 3. The van der Waals surface area contributed by atoms with E-state index in [1.165, 1.54) is 0 Å². The standard InChI is InChI=1S/C7H5N5O6/c1-8-9-7-5(11(15)16)2-4(10(13)14)3-6(7)12(17)18/h2-3,9H,1H2. The normalized spacial score (nSPS) is 9.56. The molecule has 1 N–H and O–H groups in total. The summed E-state index contributed by atoms with van der Waals surface area (Å²) in [5.74, 6) is 0. The van der Waals surface area contributed by atoms with Crippen molar-refractivity contribution in [1.29, 1.82) is 0 Å². The minimum atomic E-state index is -0.993. The quantitative estimate of drug-likeness (QED) is 0.474. The van der Waals surface area contributed by atoms with Crippen LogP contribution in [0.1, 0.15) is 0 Å². The van der Waals surface area contributed by atoms with Crippen LogP contribution in [0.2, 0.25) is 0 Å². The highest BCUT2D eigenvalue weighted by Crippen LogP contribution is 2.38. The van der Waals surface area contributed by atoms with Crippen LogP contribution in [0.5, 0.6) is 0 Å². The maximum absolute atomic E-state index is 10.7. The average Bonchev–Trinajstić information content (AvgIpc) is 2.28. The molecular formula is C7H5N5O6. The molecule has 0 saturated carbocycles. The first-order valence-electron chi connectivity index (χ1n) is 4.21.